The topological polar surface area (TPSA) is 64.4 Å². The first kappa shape index (κ1) is 21.9. The van der Waals surface area contributed by atoms with E-state index in [-0.39, 0.29) is 6.04 Å². The summed E-state index contributed by atoms with van der Waals surface area (Å²) in [5, 5.41) is 3.59. The summed E-state index contributed by atoms with van der Waals surface area (Å²) in [4.78, 5) is 11.3. The van der Waals surface area contributed by atoms with Crippen LogP contribution in [-0.4, -0.2) is 46.9 Å². The molecule has 1 radical (unpaired) electrons. The summed E-state index contributed by atoms with van der Waals surface area (Å²) in [5.74, 6) is 2.31. The molecule has 0 saturated carbocycles. The third-order valence-electron chi connectivity index (χ3n) is 5.91. The van der Waals surface area contributed by atoms with Gasteiger partial charge in [-0.25, -0.2) is 4.98 Å². The van der Waals surface area contributed by atoms with Crippen molar-refractivity contribution in [3.63, 3.8) is 0 Å². The number of imidazole rings is 1. The Morgan fingerprint density at radius 1 is 1.18 bits per heavy atom. The summed E-state index contributed by atoms with van der Waals surface area (Å²) in [7, 11) is 3.81. The number of anilines is 2. The lowest BCUT2D eigenvalue weighted by Gasteiger charge is -2.30. The third-order valence-corrected chi connectivity index (χ3v) is 6.44. The number of fused-ring (bicyclic) bond motifs is 1. The number of aromatic nitrogens is 3. The zero-order chi connectivity index (χ0) is 22.8. The van der Waals surface area contributed by atoms with E-state index in [1.54, 1.807) is 19.4 Å². The van der Waals surface area contributed by atoms with Crippen LogP contribution in [0.2, 0.25) is 0 Å². The minimum Gasteiger partial charge on any atom is -0.457 e. The molecule has 5 rings (SSSR count). The van der Waals surface area contributed by atoms with E-state index in [9.17, 15) is 0 Å². The van der Waals surface area contributed by atoms with E-state index in [2.05, 4.69) is 73.2 Å². The number of ether oxygens (including phenoxy) is 2. The highest BCUT2D eigenvalue weighted by molar-refractivity contribution is 9.10. The number of nitrogens with zero attached hydrogens (tertiary/aromatic N) is 4. The fourth-order valence-electron chi connectivity index (χ4n) is 4.36. The molecule has 1 aliphatic rings. The van der Waals surface area contributed by atoms with Gasteiger partial charge in [-0.3, -0.25) is 4.98 Å². The van der Waals surface area contributed by atoms with E-state index in [4.69, 9.17) is 14.5 Å². The average Bonchev–Trinajstić information content (AvgIpc) is 3.41. The molecule has 4 aromatic rings. The predicted octanol–water partition coefficient (Wildman–Crippen LogP) is 4.84. The van der Waals surface area contributed by atoms with Crippen LogP contribution in [0.4, 0.5) is 11.6 Å². The van der Waals surface area contributed by atoms with Crippen LogP contribution in [0.15, 0.2) is 65.3 Å². The van der Waals surface area contributed by atoms with Crippen molar-refractivity contribution in [2.75, 3.05) is 25.2 Å². The normalized spacial score (nSPS) is 18.0. The van der Waals surface area contributed by atoms with Crippen molar-refractivity contribution < 1.29 is 9.47 Å². The SMILES string of the molecule is COC[C@H]1C[C@@H](N(c2ccc(Br)cc2)c2nc3cc(Oc4c[c]ncc4)ccc3n2C)CN1. The number of rotatable bonds is 7. The molecule has 2 aromatic heterocycles. The molecule has 2 aromatic carbocycles. The molecule has 2 atom stereocenters. The van der Waals surface area contributed by atoms with E-state index in [0.717, 1.165) is 45.9 Å². The maximum Gasteiger partial charge on any atom is 0.211 e. The van der Waals surface area contributed by atoms with Gasteiger partial charge >= 0.3 is 0 Å². The van der Waals surface area contributed by atoms with Gasteiger partial charge in [-0.1, -0.05) is 15.9 Å². The number of pyridine rings is 1. The maximum absolute atomic E-state index is 5.97. The molecule has 33 heavy (non-hydrogen) atoms. The van der Waals surface area contributed by atoms with Gasteiger partial charge in [0.15, 0.2) is 0 Å². The highest BCUT2D eigenvalue weighted by atomic mass is 79.9. The van der Waals surface area contributed by atoms with Crippen molar-refractivity contribution >= 4 is 38.6 Å². The second-order valence-electron chi connectivity index (χ2n) is 8.14. The fraction of sp³-hybridized carbons (Fsp3) is 0.280. The van der Waals surface area contributed by atoms with Crippen LogP contribution >= 0.6 is 15.9 Å². The number of nitrogens with one attached hydrogen (secondary N) is 1. The average molecular weight is 507 g/mol. The molecule has 1 saturated heterocycles. The van der Waals surface area contributed by atoms with Gasteiger partial charge < -0.3 is 24.3 Å². The Hall–Kier alpha value is -2.94. The van der Waals surface area contributed by atoms with Gasteiger partial charge in [0.1, 0.15) is 11.5 Å². The quantitative estimate of drug-likeness (QED) is 0.387. The van der Waals surface area contributed by atoms with Gasteiger partial charge in [0, 0.05) is 55.2 Å². The van der Waals surface area contributed by atoms with Crippen LogP contribution in [0.25, 0.3) is 11.0 Å². The molecule has 169 valence electrons. The second-order valence-corrected chi connectivity index (χ2v) is 9.06. The molecular formula is C25H25BrN5O2. The highest BCUT2D eigenvalue weighted by Crippen LogP contribution is 2.34. The summed E-state index contributed by atoms with van der Waals surface area (Å²) in [6, 6.07) is 18.5. The summed E-state index contributed by atoms with van der Waals surface area (Å²) in [6.45, 7) is 1.56. The van der Waals surface area contributed by atoms with Crippen molar-refractivity contribution in [3.8, 4) is 11.5 Å². The second kappa shape index (κ2) is 9.51. The minimum absolute atomic E-state index is 0.255. The Morgan fingerprint density at radius 2 is 2.03 bits per heavy atom. The van der Waals surface area contributed by atoms with Crippen molar-refractivity contribution in [2.45, 2.75) is 18.5 Å². The van der Waals surface area contributed by atoms with E-state index in [1.165, 1.54) is 0 Å². The van der Waals surface area contributed by atoms with Crippen LogP contribution in [0.1, 0.15) is 6.42 Å². The molecule has 0 bridgehead atoms. The molecule has 0 amide bonds. The molecule has 1 fully saturated rings. The molecule has 3 heterocycles. The van der Waals surface area contributed by atoms with Crippen LogP contribution in [0.3, 0.4) is 0 Å². The summed E-state index contributed by atoms with van der Waals surface area (Å²) in [5.41, 5.74) is 3.02. The fourth-order valence-corrected chi connectivity index (χ4v) is 4.63. The lowest BCUT2D eigenvalue weighted by atomic mass is 10.1. The molecule has 0 unspecified atom stereocenters. The number of benzene rings is 2. The Kier molecular flexibility index (Phi) is 6.30. The lowest BCUT2D eigenvalue weighted by Crippen LogP contribution is -2.34. The number of aryl methyl sites for hydroxylation is 1. The Labute approximate surface area is 201 Å². The zero-order valence-electron chi connectivity index (χ0n) is 18.5. The summed E-state index contributed by atoms with van der Waals surface area (Å²) < 4.78 is 14.6. The van der Waals surface area contributed by atoms with Gasteiger partial charge in [-0.15, -0.1) is 0 Å². The van der Waals surface area contributed by atoms with Crippen molar-refractivity contribution in [3.05, 3.63) is 71.5 Å². The van der Waals surface area contributed by atoms with E-state index in [1.807, 2.05) is 24.3 Å². The van der Waals surface area contributed by atoms with Crippen molar-refractivity contribution in [1.82, 2.24) is 19.9 Å². The van der Waals surface area contributed by atoms with E-state index in [0.29, 0.717) is 18.4 Å². The zero-order valence-corrected chi connectivity index (χ0v) is 20.1. The van der Waals surface area contributed by atoms with Crippen molar-refractivity contribution in [1.29, 1.82) is 0 Å². The van der Waals surface area contributed by atoms with Crippen LogP contribution in [0, 0.1) is 6.20 Å². The first-order chi connectivity index (χ1) is 16.1. The van der Waals surface area contributed by atoms with Gasteiger partial charge in [0.25, 0.3) is 0 Å². The highest BCUT2D eigenvalue weighted by Gasteiger charge is 2.32. The number of methoxy groups -OCH3 is 1. The maximum atomic E-state index is 5.97. The van der Waals surface area contributed by atoms with Gasteiger partial charge in [-0.05, 0) is 48.9 Å². The van der Waals surface area contributed by atoms with E-state index < -0.39 is 0 Å². The van der Waals surface area contributed by atoms with Gasteiger partial charge in [0.05, 0.1) is 29.9 Å². The smallest absolute Gasteiger partial charge is 0.211 e. The monoisotopic (exact) mass is 506 g/mol. The number of hydrogen-bond acceptors (Lipinski definition) is 6. The largest absolute Gasteiger partial charge is 0.457 e. The van der Waals surface area contributed by atoms with E-state index >= 15 is 0 Å². The number of halogens is 1. The molecular weight excluding hydrogens is 482 g/mol. The Morgan fingerprint density at radius 3 is 2.79 bits per heavy atom. The molecule has 1 aliphatic heterocycles. The standard InChI is InChI=1S/C25H25BrN5O2/c1-30-24-8-7-22(33-21-9-11-27-12-10-21)14-23(24)29-25(30)31(19-5-3-17(26)4-6-19)20-13-18(16-32-2)28-15-20/h3-11,14,18,20,28H,13,15-16H2,1-2H3/t18-,20-/m1/s1. The lowest BCUT2D eigenvalue weighted by molar-refractivity contribution is 0.173. The third kappa shape index (κ3) is 4.59. The molecule has 1 N–H and O–H groups in total. The summed E-state index contributed by atoms with van der Waals surface area (Å²) in [6.07, 6.45) is 5.43. The number of hydrogen-bond donors (Lipinski definition) is 1. The molecule has 0 aliphatic carbocycles. The van der Waals surface area contributed by atoms with Crippen LogP contribution in [0.5, 0.6) is 11.5 Å². The molecule has 8 heteroatoms. The van der Waals surface area contributed by atoms with Gasteiger partial charge in [-0.2, -0.15) is 0 Å². The molecule has 0 spiro atoms. The predicted molar refractivity (Wildman–Crippen MR) is 132 cm³/mol. The summed E-state index contributed by atoms with van der Waals surface area (Å²) >= 11 is 3.55. The van der Waals surface area contributed by atoms with Gasteiger partial charge in [0.2, 0.25) is 5.95 Å². The first-order valence-corrected chi connectivity index (χ1v) is 11.6. The van der Waals surface area contributed by atoms with Crippen LogP contribution in [-0.2, 0) is 11.8 Å². The Bertz CT molecular complexity index is 1230. The van der Waals surface area contributed by atoms with Crippen LogP contribution < -0.4 is 15.0 Å². The first-order valence-electron chi connectivity index (χ1n) is 10.9. The van der Waals surface area contributed by atoms with Crippen molar-refractivity contribution in [2.24, 2.45) is 7.05 Å². The minimum atomic E-state index is 0.255. The molecule has 7 nitrogen and oxygen atoms in total. The Balaban J connectivity index is 1.52.